The van der Waals surface area contributed by atoms with Crippen LogP contribution in [-0.2, 0) is 0 Å². The predicted octanol–water partition coefficient (Wildman–Crippen LogP) is 4.76. The van der Waals surface area contributed by atoms with E-state index in [4.69, 9.17) is 5.73 Å². The highest BCUT2D eigenvalue weighted by molar-refractivity contribution is 5.91. The molecule has 1 aromatic heterocycles. The van der Waals surface area contributed by atoms with Gasteiger partial charge in [-0.25, -0.2) is 9.97 Å². The molecule has 27 heavy (non-hydrogen) atoms. The Morgan fingerprint density at radius 2 is 1.63 bits per heavy atom. The van der Waals surface area contributed by atoms with Crippen LogP contribution < -0.4 is 11.1 Å². The van der Waals surface area contributed by atoms with Crippen molar-refractivity contribution in [2.45, 2.75) is 12.8 Å². The molecule has 0 aliphatic rings. The summed E-state index contributed by atoms with van der Waals surface area (Å²) in [7, 11) is 0. The van der Waals surface area contributed by atoms with Gasteiger partial charge in [-0.1, -0.05) is 60.2 Å². The normalized spacial score (nSPS) is 12.0. The van der Waals surface area contributed by atoms with Crippen LogP contribution in [0.2, 0.25) is 0 Å². The predicted molar refractivity (Wildman–Crippen MR) is 112 cm³/mol. The van der Waals surface area contributed by atoms with Crippen molar-refractivity contribution in [3.8, 4) is 0 Å². The van der Waals surface area contributed by atoms with Gasteiger partial charge in [0.05, 0.1) is 5.52 Å². The molecule has 4 rings (SSSR count). The molecule has 3 aromatic carbocycles. The average Bonchev–Trinajstić information content (AvgIpc) is 2.70. The molecule has 4 heteroatoms. The molecule has 134 valence electrons. The van der Waals surface area contributed by atoms with Crippen LogP contribution in [0.5, 0.6) is 0 Å². The lowest BCUT2D eigenvalue weighted by molar-refractivity contribution is 0.848. The summed E-state index contributed by atoms with van der Waals surface area (Å²) in [6.07, 6.45) is 1.59. The lowest BCUT2D eigenvalue weighted by Gasteiger charge is -2.20. The Morgan fingerprint density at radius 1 is 0.889 bits per heavy atom. The SMILES string of the molecule is Cc1ccc(C(CNc2ncnc3ccc(N)cc23)c2ccccc2)cc1. The third-order valence-electron chi connectivity index (χ3n) is 4.81. The fraction of sp³-hybridized carbons (Fsp3) is 0.130. The molecule has 3 N–H and O–H groups in total. The second kappa shape index (κ2) is 7.46. The topological polar surface area (TPSA) is 63.8 Å². The number of nitrogens with one attached hydrogen (secondary N) is 1. The Bertz CT molecular complexity index is 1040. The van der Waals surface area contributed by atoms with E-state index in [0.717, 1.165) is 23.3 Å². The van der Waals surface area contributed by atoms with Gasteiger partial charge in [0.15, 0.2) is 0 Å². The van der Waals surface area contributed by atoms with Crippen molar-refractivity contribution in [3.05, 3.63) is 95.8 Å². The number of hydrogen-bond acceptors (Lipinski definition) is 4. The van der Waals surface area contributed by atoms with Gasteiger partial charge in [0.1, 0.15) is 12.1 Å². The van der Waals surface area contributed by atoms with Crippen molar-refractivity contribution in [1.29, 1.82) is 0 Å². The first-order valence-corrected chi connectivity index (χ1v) is 9.06. The van der Waals surface area contributed by atoms with Crippen LogP contribution >= 0.6 is 0 Å². The molecule has 1 heterocycles. The maximum atomic E-state index is 5.96. The Labute approximate surface area is 159 Å². The summed E-state index contributed by atoms with van der Waals surface area (Å²) in [5, 5.41) is 4.46. The van der Waals surface area contributed by atoms with Gasteiger partial charge in [0.25, 0.3) is 0 Å². The Balaban J connectivity index is 1.67. The van der Waals surface area contributed by atoms with E-state index in [0.29, 0.717) is 5.69 Å². The number of aryl methyl sites for hydroxylation is 1. The number of anilines is 2. The van der Waals surface area contributed by atoms with E-state index in [2.05, 4.69) is 70.7 Å². The summed E-state index contributed by atoms with van der Waals surface area (Å²) in [4.78, 5) is 8.77. The van der Waals surface area contributed by atoms with E-state index < -0.39 is 0 Å². The van der Waals surface area contributed by atoms with Gasteiger partial charge in [-0.2, -0.15) is 0 Å². The maximum Gasteiger partial charge on any atom is 0.137 e. The van der Waals surface area contributed by atoms with Crippen molar-refractivity contribution < 1.29 is 0 Å². The lowest BCUT2D eigenvalue weighted by Crippen LogP contribution is -2.15. The van der Waals surface area contributed by atoms with E-state index in [1.165, 1.54) is 16.7 Å². The zero-order chi connectivity index (χ0) is 18.6. The summed E-state index contributed by atoms with van der Waals surface area (Å²) in [5.74, 6) is 1.03. The molecule has 0 aliphatic carbocycles. The number of nitrogens with two attached hydrogens (primary N) is 1. The number of nitrogen functional groups attached to an aromatic ring is 1. The minimum Gasteiger partial charge on any atom is -0.399 e. The molecule has 0 saturated heterocycles. The molecule has 0 saturated carbocycles. The van der Waals surface area contributed by atoms with E-state index in [1.807, 2.05) is 24.3 Å². The summed E-state index contributed by atoms with van der Waals surface area (Å²) < 4.78 is 0. The van der Waals surface area contributed by atoms with Crippen molar-refractivity contribution in [2.24, 2.45) is 0 Å². The summed E-state index contributed by atoms with van der Waals surface area (Å²) in [6, 6.07) is 25.0. The van der Waals surface area contributed by atoms with Crippen LogP contribution in [0.25, 0.3) is 10.9 Å². The van der Waals surface area contributed by atoms with Crippen molar-refractivity contribution >= 4 is 22.4 Å². The summed E-state index contributed by atoms with van der Waals surface area (Å²) >= 11 is 0. The maximum absolute atomic E-state index is 5.96. The standard InChI is InChI=1S/C23H22N4/c1-16-7-9-18(10-8-16)21(17-5-3-2-4-6-17)14-25-23-20-13-19(24)11-12-22(20)26-15-27-23/h2-13,15,21H,14,24H2,1H3,(H,25,26,27). The second-order valence-corrected chi connectivity index (χ2v) is 6.75. The van der Waals surface area contributed by atoms with Gasteiger partial charge in [0.2, 0.25) is 0 Å². The molecular weight excluding hydrogens is 332 g/mol. The van der Waals surface area contributed by atoms with E-state index in [1.54, 1.807) is 6.33 Å². The van der Waals surface area contributed by atoms with Crippen molar-refractivity contribution in [2.75, 3.05) is 17.6 Å². The van der Waals surface area contributed by atoms with Crippen molar-refractivity contribution in [3.63, 3.8) is 0 Å². The largest absolute Gasteiger partial charge is 0.399 e. The molecule has 0 radical (unpaired) electrons. The van der Waals surface area contributed by atoms with E-state index in [-0.39, 0.29) is 5.92 Å². The molecule has 0 spiro atoms. The molecule has 4 nitrogen and oxygen atoms in total. The Kier molecular flexibility index (Phi) is 4.71. The highest BCUT2D eigenvalue weighted by Crippen LogP contribution is 2.27. The van der Waals surface area contributed by atoms with Gasteiger partial charge in [-0.05, 0) is 36.2 Å². The molecule has 0 bridgehead atoms. The first kappa shape index (κ1) is 17.0. The van der Waals surface area contributed by atoms with Crippen molar-refractivity contribution in [1.82, 2.24) is 9.97 Å². The molecule has 1 unspecified atom stereocenters. The van der Waals surface area contributed by atoms with E-state index in [9.17, 15) is 0 Å². The highest BCUT2D eigenvalue weighted by atomic mass is 15.0. The van der Waals surface area contributed by atoms with Crippen LogP contribution in [-0.4, -0.2) is 16.5 Å². The van der Waals surface area contributed by atoms with Gasteiger partial charge in [-0.15, -0.1) is 0 Å². The lowest BCUT2D eigenvalue weighted by atomic mass is 9.90. The number of benzene rings is 3. The summed E-state index contributed by atoms with van der Waals surface area (Å²) in [5.41, 5.74) is 11.4. The fourth-order valence-corrected chi connectivity index (χ4v) is 3.33. The van der Waals surface area contributed by atoms with Crippen LogP contribution in [0.3, 0.4) is 0 Å². The number of fused-ring (bicyclic) bond motifs is 1. The Morgan fingerprint density at radius 3 is 2.41 bits per heavy atom. The monoisotopic (exact) mass is 354 g/mol. The minimum absolute atomic E-state index is 0.220. The van der Waals surface area contributed by atoms with Crippen LogP contribution in [0.4, 0.5) is 11.5 Å². The molecule has 4 aromatic rings. The minimum atomic E-state index is 0.220. The second-order valence-electron chi connectivity index (χ2n) is 6.75. The first-order chi connectivity index (χ1) is 13.2. The zero-order valence-corrected chi connectivity index (χ0v) is 15.3. The average molecular weight is 354 g/mol. The molecule has 0 amide bonds. The van der Waals surface area contributed by atoms with E-state index >= 15 is 0 Å². The molecule has 1 atom stereocenters. The number of hydrogen-bond donors (Lipinski definition) is 2. The van der Waals surface area contributed by atoms with Crippen LogP contribution in [0.1, 0.15) is 22.6 Å². The smallest absolute Gasteiger partial charge is 0.137 e. The fourth-order valence-electron chi connectivity index (χ4n) is 3.33. The number of aromatic nitrogens is 2. The summed E-state index contributed by atoms with van der Waals surface area (Å²) in [6.45, 7) is 2.84. The third-order valence-corrected chi connectivity index (χ3v) is 4.81. The third kappa shape index (κ3) is 3.75. The van der Waals surface area contributed by atoms with Gasteiger partial charge < -0.3 is 11.1 Å². The number of nitrogens with zero attached hydrogens (tertiary/aromatic N) is 2. The first-order valence-electron chi connectivity index (χ1n) is 9.06. The highest BCUT2D eigenvalue weighted by Gasteiger charge is 2.15. The van der Waals surface area contributed by atoms with Gasteiger partial charge >= 0.3 is 0 Å². The Hall–Kier alpha value is -3.40. The molecule has 0 fully saturated rings. The number of rotatable bonds is 5. The quantitative estimate of drug-likeness (QED) is 0.507. The van der Waals surface area contributed by atoms with Gasteiger partial charge in [0, 0.05) is 23.5 Å². The van der Waals surface area contributed by atoms with Crippen LogP contribution in [0, 0.1) is 6.92 Å². The van der Waals surface area contributed by atoms with Crippen LogP contribution in [0.15, 0.2) is 79.1 Å². The molecule has 0 aliphatic heterocycles. The molecular formula is C23H22N4. The van der Waals surface area contributed by atoms with Gasteiger partial charge in [-0.3, -0.25) is 0 Å². The zero-order valence-electron chi connectivity index (χ0n) is 15.3.